The average molecular weight is 327 g/mol. The number of hydrogen-bond acceptors (Lipinski definition) is 2. The molecule has 2 amide bonds. The van der Waals surface area contributed by atoms with Crippen LogP contribution < -0.4 is 5.32 Å². The molecule has 1 aromatic rings. The van der Waals surface area contributed by atoms with E-state index in [1.165, 1.54) is 4.90 Å². The third kappa shape index (κ3) is 4.67. The van der Waals surface area contributed by atoms with Crippen LogP contribution in [0.5, 0.6) is 0 Å². The highest BCUT2D eigenvalue weighted by atomic mass is 79.9. The zero-order valence-corrected chi connectivity index (χ0v) is 13.0. The van der Waals surface area contributed by atoms with Crippen molar-refractivity contribution in [3.05, 3.63) is 28.7 Å². The van der Waals surface area contributed by atoms with E-state index in [2.05, 4.69) is 21.2 Å². The molecule has 0 saturated heterocycles. The van der Waals surface area contributed by atoms with Crippen LogP contribution in [0.4, 0.5) is 5.69 Å². The van der Waals surface area contributed by atoms with Crippen LogP contribution in [0.25, 0.3) is 0 Å². The molecule has 5 heteroatoms. The van der Waals surface area contributed by atoms with Crippen LogP contribution in [-0.4, -0.2) is 30.3 Å². The average Bonchev–Trinajstić information content (AvgIpc) is 2.39. The summed E-state index contributed by atoms with van der Waals surface area (Å²) in [6.07, 6.45) is 0.773. The fraction of sp³-hybridized carbons (Fsp3) is 0.429. The smallest absolute Gasteiger partial charge is 0.244 e. The minimum absolute atomic E-state index is 0.00947. The number of carbonyl (C=O) groups excluding carboxylic acids is 2. The summed E-state index contributed by atoms with van der Waals surface area (Å²) < 4.78 is 0.819. The van der Waals surface area contributed by atoms with Gasteiger partial charge in [0.05, 0.1) is 12.2 Å². The summed E-state index contributed by atoms with van der Waals surface area (Å²) in [4.78, 5) is 25.2. The molecule has 0 bridgehead atoms. The number of anilines is 1. The number of benzene rings is 1. The summed E-state index contributed by atoms with van der Waals surface area (Å²) in [7, 11) is 1.65. The van der Waals surface area contributed by atoms with Crippen LogP contribution in [0.15, 0.2) is 28.7 Å². The third-order valence-corrected chi connectivity index (χ3v) is 3.63. The van der Waals surface area contributed by atoms with Crippen LogP contribution in [0.1, 0.15) is 20.3 Å². The van der Waals surface area contributed by atoms with Gasteiger partial charge in [-0.05, 0) is 34.5 Å². The second-order valence-electron chi connectivity index (χ2n) is 4.53. The second kappa shape index (κ2) is 7.28. The lowest BCUT2D eigenvalue weighted by Gasteiger charge is -2.20. The van der Waals surface area contributed by atoms with Gasteiger partial charge in [-0.25, -0.2) is 0 Å². The summed E-state index contributed by atoms with van der Waals surface area (Å²) in [5, 5.41) is 2.77. The summed E-state index contributed by atoms with van der Waals surface area (Å²) in [5.74, 6) is -0.267. The van der Waals surface area contributed by atoms with Crippen molar-refractivity contribution in [3.8, 4) is 0 Å². The molecule has 0 fully saturated rings. The van der Waals surface area contributed by atoms with Gasteiger partial charge in [-0.15, -0.1) is 0 Å². The number of hydrogen-bond donors (Lipinski definition) is 1. The summed E-state index contributed by atoms with van der Waals surface area (Å²) in [6.45, 7) is 3.88. The molecule has 104 valence electrons. The maximum atomic E-state index is 11.9. The number of halogens is 1. The highest BCUT2D eigenvalue weighted by Gasteiger charge is 2.18. The zero-order chi connectivity index (χ0) is 14.4. The van der Waals surface area contributed by atoms with E-state index in [1.807, 2.05) is 32.0 Å². The first-order valence-electron chi connectivity index (χ1n) is 6.25. The van der Waals surface area contributed by atoms with E-state index in [-0.39, 0.29) is 24.3 Å². The van der Waals surface area contributed by atoms with Gasteiger partial charge in [0.25, 0.3) is 0 Å². The van der Waals surface area contributed by atoms with E-state index in [9.17, 15) is 9.59 Å². The van der Waals surface area contributed by atoms with Gasteiger partial charge in [-0.1, -0.05) is 26.0 Å². The molecule has 0 aromatic heterocycles. The summed E-state index contributed by atoms with van der Waals surface area (Å²) in [5.41, 5.74) is 0.705. The fourth-order valence-corrected chi connectivity index (χ4v) is 1.98. The lowest BCUT2D eigenvalue weighted by Crippen LogP contribution is -2.37. The molecular weight excluding hydrogens is 308 g/mol. The minimum atomic E-state index is -0.203. The Hall–Kier alpha value is -1.36. The molecule has 0 spiro atoms. The van der Waals surface area contributed by atoms with Crippen molar-refractivity contribution in [1.82, 2.24) is 4.90 Å². The minimum Gasteiger partial charge on any atom is -0.336 e. The number of nitrogens with zero attached hydrogens (tertiary/aromatic N) is 1. The quantitative estimate of drug-likeness (QED) is 0.904. The maximum absolute atomic E-state index is 11.9. The second-order valence-corrected chi connectivity index (χ2v) is 5.39. The number of carbonyl (C=O) groups is 2. The lowest BCUT2D eigenvalue weighted by atomic mass is 10.1. The molecule has 19 heavy (non-hydrogen) atoms. The molecule has 1 aromatic carbocycles. The molecule has 0 aliphatic carbocycles. The summed E-state index contributed by atoms with van der Waals surface area (Å²) in [6, 6.07) is 7.37. The van der Waals surface area contributed by atoms with Crippen LogP contribution in [0, 0.1) is 5.92 Å². The Morgan fingerprint density at radius 2 is 2.00 bits per heavy atom. The molecule has 1 atom stereocenters. The maximum Gasteiger partial charge on any atom is 0.244 e. The topological polar surface area (TPSA) is 49.4 Å². The molecule has 0 radical (unpaired) electrons. The van der Waals surface area contributed by atoms with E-state index in [4.69, 9.17) is 0 Å². The van der Waals surface area contributed by atoms with E-state index >= 15 is 0 Å². The van der Waals surface area contributed by atoms with E-state index in [1.54, 1.807) is 13.1 Å². The Kier molecular flexibility index (Phi) is 6.02. The van der Waals surface area contributed by atoms with E-state index in [0.29, 0.717) is 5.69 Å². The first kappa shape index (κ1) is 15.7. The Morgan fingerprint density at radius 1 is 1.37 bits per heavy atom. The van der Waals surface area contributed by atoms with Gasteiger partial charge in [0, 0.05) is 17.4 Å². The van der Waals surface area contributed by atoms with E-state index < -0.39 is 0 Å². The standard InChI is InChI=1S/C14H19BrN2O2/c1-4-10(2)14(19)17(3)9-13(18)16-12-8-6-5-7-11(12)15/h5-8,10H,4,9H2,1-3H3,(H,16,18). The molecule has 1 unspecified atom stereocenters. The Labute approximate surface area is 122 Å². The molecule has 0 heterocycles. The molecule has 0 aliphatic heterocycles. The number of nitrogens with one attached hydrogen (secondary N) is 1. The van der Waals surface area contributed by atoms with Crippen LogP contribution in [0.3, 0.4) is 0 Å². The van der Waals surface area contributed by atoms with Gasteiger partial charge in [0.2, 0.25) is 11.8 Å². The molecule has 4 nitrogen and oxygen atoms in total. The van der Waals surface area contributed by atoms with Gasteiger partial charge in [-0.3, -0.25) is 9.59 Å². The highest BCUT2D eigenvalue weighted by Crippen LogP contribution is 2.21. The summed E-state index contributed by atoms with van der Waals surface area (Å²) >= 11 is 3.36. The predicted molar refractivity (Wildman–Crippen MR) is 79.9 cm³/mol. The molecule has 0 aliphatic rings. The number of likely N-dealkylation sites (N-methyl/N-ethyl adjacent to an activating group) is 1. The van der Waals surface area contributed by atoms with Crippen LogP contribution in [-0.2, 0) is 9.59 Å². The van der Waals surface area contributed by atoms with Crippen molar-refractivity contribution in [3.63, 3.8) is 0 Å². The number of para-hydroxylation sites is 1. The molecule has 1 rings (SSSR count). The van der Waals surface area contributed by atoms with Crippen molar-refractivity contribution < 1.29 is 9.59 Å². The Balaban J connectivity index is 2.56. The number of amides is 2. The normalized spacial score (nSPS) is 11.8. The van der Waals surface area contributed by atoms with Crippen molar-refractivity contribution in [2.24, 2.45) is 5.92 Å². The van der Waals surface area contributed by atoms with Crippen molar-refractivity contribution in [1.29, 1.82) is 0 Å². The SMILES string of the molecule is CCC(C)C(=O)N(C)CC(=O)Nc1ccccc1Br. The predicted octanol–water partition coefficient (Wildman–Crippen LogP) is 2.89. The highest BCUT2D eigenvalue weighted by molar-refractivity contribution is 9.10. The van der Waals surface area contributed by atoms with Crippen LogP contribution >= 0.6 is 15.9 Å². The fourth-order valence-electron chi connectivity index (χ4n) is 1.60. The molecule has 1 N–H and O–H groups in total. The van der Waals surface area contributed by atoms with Crippen molar-refractivity contribution in [2.75, 3.05) is 18.9 Å². The van der Waals surface area contributed by atoms with Crippen molar-refractivity contribution >= 4 is 33.4 Å². The largest absolute Gasteiger partial charge is 0.336 e. The molecule has 0 saturated carbocycles. The van der Waals surface area contributed by atoms with Gasteiger partial charge >= 0.3 is 0 Å². The first-order valence-corrected chi connectivity index (χ1v) is 7.04. The van der Waals surface area contributed by atoms with E-state index in [0.717, 1.165) is 10.9 Å². The van der Waals surface area contributed by atoms with Gasteiger partial charge in [0.15, 0.2) is 0 Å². The van der Waals surface area contributed by atoms with Gasteiger partial charge < -0.3 is 10.2 Å². The van der Waals surface area contributed by atoms with Gasteiger partial charge in [0.1, 0.15) is 0 Å². The monoisotopic (exact) mass is 326 g/mol. The van der Waals surface area contributed by atoms with Crippen molar-refractivity contribution in [2.45, 2.75) is 20.3 Å². The Morgan fingerprint density at radius 3 is 2.58 bits per heavy atom. The first-order chi connectivity index (χ1) is 8.95. The lowest BCUT2D eigenvalue weighted by molar-refractivity contribution is -0.136. The zero-order valence-electron chi connectivity index (χ0n) is 11.4. The number of rotatable bonds is 5. The Bertz CT molecular complexity index is 463. The van der Waals surface area contributed by atoms with Crippen LogP contribution in [0.2, 0.25) is 0 Å². The van der Waals surface area contributed by atoms with Gasteiger partial charge in [-0.2, -0.15) is 0 Å². The molecular formula is C14H19BrN2O2. The third-order valence-electron chi connectivity index (χ3n) is 2.94.